The topological polar surface area (TPSA) is 88.9 Å². The number of carbonyl (C=O) groups is 3. The first-order valence-corrected chi connectivity index (χ1v) is 9.41. The first kappa shape index (κ1) is 20.9. The normalized spacial score (nSPS) is 17.6. The van der Waals surface area contributed by atoms with Crippen molar-refractivity contribution < 1.29 is 23.5 Å². The van der Waals surface area contributed by atoms with Crippen LogP contribution in [-0.4, -0.2) is 42.4 Å². The smallest absolute Gasteiger partial charge is 0.312 e. The Kier molecular flexibility index (Phi) is 5.98. The van der Waals surface area contributed by atoms with Gasteiger partial charge in [-0.3, -0.25) is 14.4 Å². The number of esters is 1. The number of carbonyl (C=O) groups excluding carboxylic acids is 3. The van der Waals surface area contributed by atoms with Gasteiger partial charge in [-0.1, -0.05) is 6.07 Å². The number of aryl methyl sites for hydroxylation is 1. The van der Waals surface area contributed by atoms with Gasteiger partial charge in [-0.2, -0.15) is 0 Å². The number of piperidine rings is 1. The summed E-state index contributed by atoms with van der Waals surface area (Å²) in [5.41, 5.74) is 1.51. The monoisotopic (exact) mass is 418 g/mol. The van der Waals surface area contributed by atoms with Crippen molar-refractivity contribution in [2.24, 2.45) is 5.41 Å². The van der Waals surface area contributed by atoms with E-state index in [2.05, 4.69) is 5.32 Å². The van der Waals surface area contributed by atoms with Gasteiger partial charge in [0.25, 0.3) is 11.8 Å². The number of furan rings is 1. The van der Waals surface area contributed by atoms with Gasteiger partial charge in [0.2, 0.25) is 0 Å². The third kappa shape index (κ3) is 4.00. The largest absolute Gasteiger partial charge is 0.465 e. The number of amides is 2. The van der Waals surface area contributed by atoms with Crippen LogP contribution in [-0.2, 0) is 9.53 Å². The van der Waals surface area contributed by atoms with Gasteiger partial charge in [0.05, 0.1) is 18.3 Å². The quantitative estimate of drug-likeness (QED) is 0.771. The Labute approximate surface area is 174 Å². The van der Waals surface area contributed by atoms with E-state index in [4.69, 9.17) is 9.15 Å². The Morgan fingerprint density at radius 3 is 2.52 bits per heavy atom. The molecule has 0 atom stereocenters. The van der Waals surface area contributed by atoms with Gasteiger partial charge >= 0.3 is 5.97 Å². The van der Waals surface area contributed by atoms with Crippen LogP contribution in [0.3, 0.4) is 0 Å². The molecular formula is C21H23ClN2O5. The van der Waals surface area contributed by atoms with Crippen molar-refractivity contribution in [2.45, 2.75) is 26.2 Å². The van der Waals surface area contributed by atoms with Crippen LogP contribution in [0, 0.1) is 12.3 Å². The molecule has 1 aromatic carbocycles. The molecular weight excluding hydrogens is 396 g/mol. The van der Waals surface area contributed by atoms with Gasteiger partial charge in [-0.25, -0.2) is 0 Å². The molecule has 0 radical (unpaired) electrons. The molecule has 0 bridgehead atoms. The minimum Gasteiger partial charge on any atom is -0.465 e. The molecule has 0 saturated carbocycles. The maximum atomic E-state index is 12.9. The van der Waals surface area contributed by atoms with E-state index in [1.807, 2.05) is 13.0 Å². The average molecular weight is 419 g/mol. The molecule has 7 nitrogen and oxygen atoms in total. The van der Waals surface area contributed by atoms with E-state index in [1.165, 1.54) is 6.26 Å². The van der Waals surface area contributed by atoms with Crippen LogP contribution in [0.5, 0.6) is 0 Å². The summed E-state index contributed by atoms with van der Waals surface area (Å²) in [6, 6.07) is 8.48. The standard InChI is InChI=1S/C21H22N2O5.ClH/c1-14-4-5-15(13-16(14)22-18(24)17-3-2-11-27-17)19(25)23-9-6-21(7-10-23)8-12-28-20(21)26;/h2-5,11,13H,6-10,12H2,1H3,(H,22,24);1H. The number of hydrogen-bond acceptors (Lipinski definition) is 5. The van der Waals surface area contributed by atoms with Crippen molar-refractivity contribution >= 4 is 35.9 Å². The van der Waals surface area contributed by atoms with Gasteiger partial charge in [0.1, 0.15) is 0 Å². The number of anilines is 1. The van der Waals surface area contributed by atoms with Gasteiger partial charge in [0.15, 0.2) is 5.76 Å². The fourth-order valence-electron chi connectivity index (χ4n) is 3.85. The van der Waals surface area contributed by atoms with Crippen LogP contribution in [0.25, 0.3) is 0 Å². The minimum absolute atomic E-state index is 0. The van der Waals surface area contributed by atoms with E-state index in [0.29, 0.717) is 43.8 Å². The van der Waals surface area contributed by atoms with Gasteiger partial charge < -0.3 is 19.4 Å². The number of ether oxygens (including phenoxy) is 1. The number of nitrogens with zero attached hydrogens (tertiary/aromatic N) is 1. The Balaban J connectivity index is 0.00000240. The van der Waals surface area contributed by atoms with Crippen LogP contribution < -0.4 is 5.32 Å². The summed E-state index contributed by atoms with van der Waals surface area (Å²) in [7, 11) is 0. The highest BCUT2D eigenvalue weighted by Crippen LogP contribution is 2.40. The molecule has 2 fully saturated rings. The molecule has 3 heterocycles. The molecule has 0 aliphatic carbocycles. The van der Waals surface area contributed by atoms with Crippen molar-refractivity contribution in [1.82, 2.24) is 4.90 Å². The number of likely N-dealkylation sites (tertiary alicyclic amines) is 1. The highest BCUT2D eigenvalue weighted by atomic mass is 35.5. The van der Waals surface area contributed by atoms with Gasteiger partial charge in [0, 0.05) is 24.3 Å². The zero-order valence-electron chi connectivity index (χ0n) is 16.1. The number of hydrogen-bond donors (Lipinski definition) is 1. The minimum atomic E-state index is -0.410. The van der Waals surface area contributed by atoms with E-state index < -0.39 is 5.41 Å². The lowest BCUT2D eigenvalue weighted by molar-refractivity contribution is -0.148. The predicted molar refractivity (Wildman–Crippen MR) is 108 cm³/mol. The molecule has 2 aliphatic heterocycles. The molecule has 2 aromatic rings. The Morgan fingerprint density at radius 1 is 1.14 bits per heavy atom. The number of benzene rings is 1. The first-order valence-electron chi connectivity index (χ1n) is 9.41. The summed E-state index contributed by atoms with van der Waals surface area (Å²) in [5, 5.41) is 2.79. The van der Waals surface area contributed by atoms with Crippen LogP contribution in [0.15, 0.2) is 41.0 Å². The molecule has 0 unspecified atom stereocenters. The van der Waals surface area contributed by atoms with Crippen molar-refractivity contribution in [3.05, 3.63) is 53.5 Å². The molecule has 4 rings (SSSR count). The Bertz CT molecular complexity index is 917. The molecule has 2 amide bonds. The van der Waals surface area contributed by atoms with Crippen LogP contribution >= 0.6 is 12.4 Å². The van der Waals surface area contributed by atoms with E-state index in [1.54, 1.807) is 29.2 Å². The molecule has 154 valence electrons. The lowest BCUT2D eigenvalue weighted by Crippen LogP contribution is -2.45. The maximum Gasteiger partial charge on any atom is 0.312 e. The molecule has 2 saturated heterocycles. The second-order valence-electron chi connectivity index (χ2n) is 7.42. The number of rotatable bonds is 3. The summed E-state index contributed by atoms with van der Waals surface area (Å²) >= 11 is 0. The zero-order chi connectivity index (χ0) is 19.7. The van der Waals surface area contributed by atoms with Crippen LogP contribution in [0.2, 0.25) is 0 Å². The van der Waals surface area contributed by atoms with E-state index in [-0.39, 0.29) is 36.0 Å². The van der Waals surface area contributed by atoms with Gasteiger partial charge in [-0.05, 0) is 56.0 Å². The fraction of sp³-hybridized carbons (Fsp3) is 0.381. The molecule has 29 heavy (non-hydrogen) atoms. The van der Waals surface area contributed by atoms with E-state index in [9.17, 15) is 14.4 Å². The molecule has 1 aromatic heterocycles. The highest BCUT2D eigenvalue weighted by molar-refractivity contribution is 6.04. The lowest BCUT2D eigenvalue weighted by atomic mass is 9.77. The maximum absolute atomic E-state index is 12.9. The van der Waals surface area contributed by atoms with Crippen LogP contribution in [0.1, 0.15) is 45.7 Å². The Hall–Kier alpha value is -2.80. The summed E-state index contributed by atoms with van der Waals surface area (Å²) in [5.74, 6) is -0.383. The number of halogens is 1. The number of nitrogens with one attached hydrogen (secondary N) is 1. The molecule has 8 heteroatoms. The van der Waals surface area contributed by atoms with E-state index >= 15 is 0 Å². The third-order valence-electron chi connectivity index (χ3n) is 5.73. The summed E-state index contributed by atoms with van der Waals surface area (Å²) in [4.78, 5) is 39.0. The molecule has 2 aliphatic rings. The van der Waals surface area contributed by atoms with Gasteiger partial charge in [-0.15, -0.1) is 12.4 Å². The van der Waals surface area contributed by atoms with Crippen molar-refractivity contribution in [1.29, 1.82) is 0 Å². The van der Waals surface area contributed by atoms with E-state index in [0.717, 1.165) is 12.0 Å². The summed E-state index contributed by atoms with van der Waals surface area (Å²) < 4.78 is 10.2. The number of cyclic esters (lactones) is 1. The Morgan fingerprint density at radius 2 is 1.90 bits per heavy atom. The van der Waals surface area contributed by atoms with Crippen molar-refractivity contribution in [3.8, 4) is 0 Å². The summed E-state index contributed by atoms with van der Waals surface area (Å²) in [6.07, 6.45) is 3.43. The average Bonchev–Trinajstić information content (AvgIpc) is 3.35. The fourth-order valence-corrected chi connectivity index (χ4v) is 3.85. The second-order valence-corrected chi connectivity index (χ2v) is 7.42. The van der Waals surface area contributed by atoms with Crippen molar-refractivity contribution in [2.75, 3.05) is 25.0 Å². The first-order chi connectivity index (χ1) is 13.5. The van der Waals surface area contributed by atoms with Crippen LogP contribution in [0.4, 0.5) is 5.69 Å². The third-order valence-corrected chi connectivity index (χ3v) is 5.73. The lowest BCUT2D eigenvalue weighted by Gasteiger charge is -2.36. The summed E-state index contributed by atoms with van der Waals surface area (Å²) in [6.45, 7) is 3.39. The molecule has 1 N–H and O–H groups in total. The molecule has 1 spiro atoms. The zero-order valence-corrected chi connectivity index (χ0v) is 16.9. The highest BCUT2D eigenvalue weighted by Gasteiger charge is 2.47. The predicted octanol–water partition coefficient (Wildman–Crippen LogP) is 3.43. The van der Waals surface area contributed by atoms with Crippen molar-refractivity contribution in [3.63, 3.8) is 0 Å². The SMILES string of the molecule is Cc1ccc(C(=O)N2CCC3(CCOC3=O)CC2)cc1NC(=O)c1ccco1.Cl. The second kappa shape index (κ2) is 8.29.